The van der Waals surface area contributed by atoms with Crippen LogP contribution in [0, 0.1) is 20.8 Å². The van der Waals surface area contributed by atoms with E-state index in [2.05, 4.69) is 79.6 Å². The number of pyridine rings is 1. The lowest BCUT2D eigenvalue weighted by atomic mass is 9.92. The van der Waals surface area contributed by atoms with Gasteiger partial charge in [-0.2, -0.15) is 0 Å². The summed E-state index contributed by atoms with van der Waals surface area (Å²) >= 11 is 1.90. The molecule has 1 aromatic carbocycles. The molecule has 2 aromatic heterocycles. The number of aromatic nitrogens is 2. The van der Waals surface area contributed by atoms with Gasteiger partial charge in [0.25, 0.3) is 0 Å². The molecule has 2 aliphatic heterocycles. The van der Waals surface area contributed by atoms with E-state index in [0.29, 0.717) is 6.04 Å². The number of rotatable bonds is 4. The van der Waals surface area contributed by atoms with Crippen molar-refractivity contribution >= 4 is 16.9 Å². The fourth-order valence-corrected chi connectivity index (χ4v) is 6.41. The molecule has 1 fully saturated rings. The van der Waals surface area contributed by atoms with Crippen molar-refractivity contribution in [2.75, 3.05) is 5.75 Å². The molecule has 2 aliphatic rings. The molecular weight excluding hydrogens is 388 g/mol. The van der Waals surface area contributed by atoms with Crippen LogP contribution in [0.15, 0.2) is 59.7 Å². The number of hydrogen-bond acceptors (Lipinski definition) is 4. The van der Waals surface area contributed by atoms with Gasteiger partial charge in [0.15, 0.2) is 5.17 Å². The number of nitrogens with zero attached hydrogens (tertiary/aromatic N) is 4. The molecule has 30 heavy (non-hydrogen) atoms. The molecule has 0 spiro atoms. The predicted molar refractivity (Wildman–Crippen MR) is 126 cm³/mol. The third kappa shape index (κ3) is 2.90. The van der Waals surface area contributed by atoms with Crippen LogP contribution in [-0.2, 0) is 0 Å². The average molecular weight is 417 g/mol. The van der Waals surface area contributed by atoms with Crippen LogP contribution in [0.3, 0.4) is 0 Å². The molecule has 3 atom stereocenters. The topological polar surface area (TPSA) is 33.4 Å². The molecule has 0 unspecified atom stereocenters. The highest BCUT2D eigenvalue weighted by molar-refractivity contribution is 8.14. The number of para-hydroxylation sites is 1. The first-order chi connectivity index (χ1) is 14.6. The highest BCUT2D eigenvalue weighted by Gasteiger charge is 2.47. The van der Waals surface area contributed by atoms with Gasteiger partial charge in [0.05, 0.1) is 11.7 Å². The van der Waals surface area contributed by atoms with E-state index in [1.165, 1.54) is 33.4 Å². The molecule has 5 rings (SSSR count). The third-order valence-electron chi connectivity index (χ3n) is 6.65. The van der Waals surface area contributed by atoms with E-state index < -0.39 is 0 Å². The van der Waals surface area contributed by atoms with E-state index in [1.54, 1.807) is 0 Å². The summed E-state index contributed by atoms with van der Waals surface area (Å²) in [4.78, 5) is 12.5. The summed E-state index contributed by atoms with van der Waals surface area (Å²) in [6, 6.07) is 17.6. The lowest BCUT2D eigenvalue weighted by molar-refractivity contribution is 0.254. The molecule has 4 nitrogen and oxygen atoms in total. The average Bonchev–Trinajstić information content (AvgIpc) is 3.41. The second kappa shape index (κ2) is 7.62. The van der Waals surface area contributed by atoms with Crippen molar-refractivity contribution in [3.05, 3.63) is 82.9 Å². The fraction of sp³-hybridized carbons (Fsp3) is 0.360. The number of benzene rings is 1. The van der Waals surface area contributed by atoms with E-state index in [-0.39, 0.29) is 12.1 Å². The van der Waals surface area contributed by atoms with Crippen molar-refractivity contribution < 1.29 is 0 Å². The lowest BCUT2D eigenvalue weighted by Gasteiger charge is -2.32. The zero-order chi connectivity index (χ0) is 20.8. The highest BCUT2D eigenvalue weighted by Crippen LogP contribution is 2.50. The Kier molecular flexibility index (Phi) is 4.94. The van der Waals surface area contributed by atoms with Gasteiger partial charge in [0.1, 0.15) is 6.04 Å². The number of aliphatic imine (C=N–C) groups is 1. The quantitative estimate of drug-likeness (QED) is 0.541. The summed E-state index contributed by atoms with van der Waals surface area (Å²) in [5.41, 5.74) is 7.67. The summed E-state index contributed by atoms with van der Waals surface area (Å²) in [5, 5.41) is 1.19. The number of thioether (sulfide) groups is 1. The Morgan fingerprint density at radius 1 is 1.00 bits per heavy atom. The molecule has 0 N–H and O–H groups in total. The second-order valence-corrected chi connectivity index (χ2v) is 9.20. The van der Waals surface area contributed by atoms with Crippen LogP contribution in [0.5, 0.6) is 0 Å². The summed E-state index contributed by atoms with van der Waals surface area (Å²) in [7, 11) is 0. The maximum Gasteiger partial charge on any atom is 0.160 e. The number of fused-ring (bicyclic) bond motifs is 1. The lowest BCUT2D eigenvalue weighted by Crippen LogP contribution is -2.35. The van der Waals surface area contributed by atoms with Crippen molar-refractivity contribution in [2.24, 2.45) is 4.99 Å². The van der Waals surface area contributed by atoms with Crippen LogP contribution in [0.1, 0.15) is 53.6 Å². The van der Waals surface area contributed by atoms with Crippen LogP contribution < -0.4 is 0 Å². The minimum absolute atomic E-state index is 0.0338. The maximum absolute atomic E-state index is 5.20. The van der Waals surface area contributed by atoms with Gasteiger partial charge in [-0.15, -0.1) is 0 Å². The van der Waals surface area contributed by atoms with Gasteiger partial charge in [-0.3, -0.25) is 9.98 Å². The van der Waals surface area contributed by atoms with Gasteiger partial charge in [-0.1, -0.05) is 43.0 Å². The number of amidine groups is 1. The Morgan fingerprint density at radius 2 is 1.77 bits per heavy atom. The Hall–Kier alpha value is -2.53. The van der Waals surface area contributed by atoms with Crippen LogP contribution >= 0.6 is 11.8 Å². The van der Waals surface area contributed by atoms with Gasteiger partial charge < -0.3 is 9.47 Å². The zero-order valence-electron chi connectivity index (χ0n) is 18.0. The summed E-state index contributed by atoms with van der Waals surface area (Å²) in [6.45, 7) is 9.06. The molecule has 154 valence electrons. The first-order valence-corrected chi connectivity index (χ1v) is 11.7. The van der Waals surface area contributed by atoms with Crippen molar-refractivity contribution in [3.8, 4) is 5.69 Å². The second-order valence-electron chi connectivity index (χ2n) is 8.22. The molecule has 1 saturated heterocycles. The van der Waals surface area contributed by atoms with Gasteiger partial charge in [0.2, 0.25) is 0 Å². The Morgan fingerprint density at radius 3 is 2.47 bits per heavy atom. The zero-order valence-corrected chi connectivity index (χ0v) is 18.9. The van der Waals surface area contributed by atoms with Crippen LogP contribution in [0.25, 0.3) is 5.69 Å². The third-order valence-corrected chi connectivity index (χ3v) is 7.77. The summed E-state index contributed by atoms with van der Waals surface area (Å²) < 4.78 is 2.41. The summed E-state index contributed by atoms with van der Waals surface area (Å²) in [6.07, 6.45) is 3.02. The van der Waals surface area contributed by atoms with E-state index >= 15 is 0 Å². The van der Waals surface area contributed by atoms with Crippen molar-refractivity contribution in [1.82, 2.24) is 14.5 Å². The molecule has 3 aromatic rings. The first-order valence-electron chi connectivity index (χ1n) is 10.8. The van der Waals surface area contributed by atoms with Gasteiger partial charge >= 0.3 is 0 Å². The SMILES string of the molecule is CC[C@@H]1CSC2=N[C@H](c3ccccn3)[C@H](c3c(C)c(C)n(-c4ccccc4)c3C)N21. The van der Waals surface area contributed by atoms with E-state index in [9.17, 15) is 0 Å². The molecular formula is C25H28N4S. The van der Waals surface area contributed by atoms with Crippen LogP contribution in [0.4, 0.5) is 0 Å². The summed E-state index contributed by atoms with van der Waals surface area (Å²) in [5.74, 6) is 1.12. The van der Waals surface area contributed by atoms with Gasteiger partial charge in [0, 0.05) is 40.6 Å². The normalized spacial score (nSPS) is 23.0. The van der Waals surface area contributed by atoms with Gasteiger partial charge in [-0.05, 0) is 57.0 Å². The highest BCUT2D eigenvalue weighted by atomic mass is 32.2. The molecule has 0 saturated carbocycles. The Labute approximate surface area is 183 Å². The first kappa shape index (κ1) is 19.4. The fourth-order valence-electron chi connectivity index (χ4n) is 5.07. The van der Waals surface area contributed by atoms with Crippen molar-refractivity contribution in [3.63, 3.8) is 0 Å². The molecule has 0 radical (unpaired) electrons. The molecule has 0 amide bonds. The maximum atomic E-state index is 5.20. The minimum Gasteiger partial charge on any atom is -0.338 e. The van der Waals surface area contributed by atoms with Crippen molar-refractivity contribution in [1.29, 1.82) is 0 Å². The minimum atomic E-state index is 0.0338. The van der Waals surface area contributed by atoms with Crippen LogP contribution in [0.2, 0.25) is 0 Å². The van der Waals surface area contributed by atoms with Gasteiger partial charge in [-0.25, -0.2) is 0 Å². The van der Waals surface area contributed by atoms with Crippen LogP contribution in [-0.4, -0.2) is 31.4 Å². The van der Waals surface area contributed by atoms with Crippen molar-refractivity contribution in [2.45, 2.75) is 52.2 Å². The van der Waals surface area contributed by atoms with E-state index in [4.69, 9.17) is 9.98 Å². The van der Waals surface area contributed by atoms with E-state index in [1.807, 2.05) is 24.0 Å². The predicted octanol–water partition coefficient (Wildman–Crippen LogP) is 5.78. The van der Waals surface area contributed by atoms with E-state index in [0.717, 1.165) is 17.9 Å². The number of hydrogen-bond donors (Lipinski definition) is 0. The monoisotopic (exact) mass is 416 g/mol. The largest absolute Gasteiger partial charge is 0.338 e. The molecule has 5 heteroatoms. The molecule has 0 aliphatic carbocycles. The molecule has 4 heterocycles. The molecule has 0 bridgehead atoms. The smallest absolute Gasteiger partial charge is 0.160 e. The Bertz CT molecular complexity index is 1090. The standard InChI is InChI=1S/C25H28N4S/c1-5-19-15-30-25-27-23(21-13-9-10-14-26-21)24(29(19)25)22-16(2)17(3)28(18(22)4)20-11-7-6-8-12-20/h6-14,19,23-24H,5,15H2,1-4H3/t19-,23-,24+/m1/s1. The Balaban J connectivity index is 1.69.